The Kier molecular flexibility index (Phi) is 3.73. The van der Waals surface area contributed by atoms with Gasteiger partial charge in [0.2, 0.25) is 0 Å². The molecule has 0 spiro atoms. The van der Waals surface area contributed by atoms with Gasteiger partial charge in [-0.3, -0.25) is 0 Å². The summed E-state index contributed by atoms with van der Waals surface area (Å²) >= 11 is 16.6. The Morgan fingerprint density at radius 3 is 2.42 bits per heavy atom. The number of benzene rings is 1. The molecule has 0 aliphatic rings. The van der Waals surface area contributed by atoms with Gasteiger partial charge in [-0.25, -0.2) is 0 Å². The van der Waals surface area contributed by atoms with E-state index in [0.717, 1.165) is 0 Å². The van der Waals surface area contributed by atoms with Crippen LogP contribution >= 0.6 is 44.5 Å². The lowest BCUT2D eigenvalue weighted by molar-refractivity contribution is 0.556. The Morgan fingerprint density at radius 1 is 1.25 bits per heavy atom. The largest absolute Gasteiger partial charge is 0.475 e. The summed E-state index contributed by atoms with van der Waals surface area (Å²) in [5, 5.41) is 0.649. The highest BCUT2D eigenvalue weighted by atomic mass is 35.5. The highest BCUT2D eigenvalue weighted by Gasteiger charge is 2.12. The first kappa shape index (κ1) is 10.2. The SMILES string of the molecule is POc1c(OCl)ccc(Cl)c1Cl. The van der Waals surface area contributed by atoms with Gasteiger partial charge < -0.3 is 8.81 Å². The van der Waals surface area contributed by atoms with Crippen LogP contribution < -0.4 is 8.81 Å². The molecule has 0 bridgehead atoms. The fourth-order valence-electron chi connectivity index (χ4n) is 0.685. The van der Waals surface area contributed by atoms with Crippen LogP contribution in [-0.4, -0.2) is 0 Å². The van der Waals surface area contributed by atoms with Crippen molar-refractivity contribution < 1.29 is 8.81 Å². The van der Waals surface area contributed by atoms with E-state index in [1.54, 1.807) is 12.1 Å². The zero-order valence-electron chi connectivity index (χ0n) is 5.68. The Morgan fingerprint density at radius 2 is 1.92 bits per heavy atom. The predicted octanol–water partition coefficient (Wildman–Crippen LogP) is 3.69. The van der Waals surface area contributed by atoms with Crippen molar-refractivity contribution >= 4 is 44.5 Å². The van der Waals surface area contributed by atoms with Gasteiger partial charge in [-0.15, -0.1) is 0 Å². The minimum absolute atomic E-state index is 0.268. The van der Waals surface area contributed by atoms with Gasteiger partial charge in [0.25, 0.3) is 0 Å². The quantitative estimate of drug-likeness (QED) is 0.740. The topological polar surface area (TPSA) is 18.5 Å². The van der Waals surface area contributed by atoms with E-state index in [-0.39, 0.29) is 5.02 Å². The second-order valence-electron chi connectivity index (χ2n) is 1.88. The summed E-state index contributed by atoms with van der Waals surface area (Å²) in [4.78, 5) is 0. The summed E-state index contributed by atoms with van der Waals surface area (Å²) in [6.45, 7) is 0. The number of halogens is 3. The van der Waals surface area contributed by atoms with Gasteiger partial charge in [0, 0.05) is 0 Å². The van der Waals surface area contributed by atoms with Crippen molar-refractivity contribution in [1.29, 1.82) is 0 Å². The maximum Gasteiger partial charge on any atom is 0.190 e. The van der Waals surface area contributed by atoms with E-state index in [2.05, 4.69) is 4.29 Å². The highest BCUT2D eigenvalue weighted by molar-refractivity contribution is 7.10. The Labute approximate surface area is 87.2 Å². The van der Waals surface area contributed by atoms with Crippen LogP contribution in [0.1, 0.15) is 0 Å². The predicted molar refractivity (Wildman–Crippen MR) is 53.3 cm³/mol. The average Bonchev–Trinajstić information content (AvgIpc) is 2.09. The first-order valence-corrected chi connectivity index (χ1v) is 4.37. The van der Waals surface area contributed by atoms with Crippen LogP contribution in [0.4, 0.5) is 0 Å². The van der Waals surface area contributed by atoms with Crippen LogP contribution in [0.25, 0.3) is 0 Å². The van der Waals surface area contributed by atoms with Crippen LogP contribution in [-0.2, 0) is 0 Å². The molecule has 0 radical (unpaired) electrons. The second-order valence-corrected chi connectivity index (χ2v) is 3.06. The molecular formula is C6H4Cl3O2P. The van der Waals surface area contributed by atoms with E-state index < -0.39 is 0 Å². The van der Waals surface area contributed by atoms with Crippen molar-refractivity contribution in [2.75, 3.05) is 0 Å². The molecule has 0 N–H and O–H groups in total. The van der Waals surface area contributed by atoms with Gasteiger partial charge in [-0.1, -0.05) is 23.2 Å². The third kappa shape index (κ3) is 1.89. The summed E-state index contributed by atoms with van der Waals surface area (Å²) in [6.07, 6.45) is 0. The number of rotatable bonds is 2. The summed E-state index contributed by atoms with van der Waals surface area (Å²) < 4.78 is 9.30. The smallest absolute Gasteiger partial charge is 0.190 e. The van der Waals surface area contributed by atoms with Crippen molar-refractivity contribution in [3.8, 4) is 11.5 Å². The molecule has 0 aliphatic heterocycles. The first-order chi connectivity index (χ1) is 5.70. The Balaban J connectivity index is 3.25. The minimum atomic E-state index is 0.268. The van der Waals surface area contributed by atoms with Gasteiger partial charge in [-0.05, 0) is 12.1 Å². The van der Waals surface area contributed by atoms with Crippen molar-refractivity contribution in [2.24, 2.45) is 0 Å². The minimum Gasteiger partial charge on any atom is -0.475 e. The van der Waals surface area contributed by atoms with Crippen molar-refractivity contribution in [3.63, 3.8) is 0 Å². The normalized spacial score (nSPS) is 9.67. The zero-order valence-corrected chi connectivity index (χ0v) is 9.10. The lowest BCUT2D eigenvalue weighted by Gasteiger charge is -2.07. The van der Waals surface area contributed by atoms with Crippen LogP contribution in [0.15, 0.2) is 12.1 Å². The molecule has 1 rings (SSSR count). The van der Waals surface area contributed by atoms with E-state index in [9.17, 15) is 0 Å². The molecule has 66 valence electrons. The third-order valence-corrected chi connectivity index (χ3v) is 2.40. The number of hydrogen-bond donors (Lipinski definition) is 0. The lowest BCUT2D eigenvalue weighted by atomic mass is 10.3. The molecule has 0 aliphatic carbocycles. The van der Waals surface area contributed by atoms with Crippen molar-refractivity contribution in [3.05, 3.63) is 22.2 Å². The molecule has 1 aromatic carbocycles. The zero-order chi connectivity index (χ0) is 9.14. The Hall–Kier alpha value is 0.120. The van der Waals surface area contributed by atoms with E-state index in [1.807, 2.05) is 9.47 Å². The van der Waals surface area contributed by atoms with Gasteiger partial charge in [0.1, 0.15) is 16.9 Å². The Bertz CT molecular complexity index is 292. The van der Waals surface area contributed by atoms with Gasteiger partial charge >= 0.3 is 0 Å². The second kappa shape index (κ2) is 4.38. The molecular weight excluding hydrogens is 241 g/mol. The molecule has 0 heterocycles. The average molecular weight is 245 g/mol. The molecule has 0 aromatic heterocycles. The monoisotopic (exact) mass is 244 g/mol. The van der Waals surface area contributed by atoms with Crippen LogP contribution in [0.2, 0.25) is 10.0 Å². The summed E-state index contributed by atoms with van der Waals surface area (Å²) in [7, 11) is 2.03. The highest BCUT2D eigenvalue weighted by Crippen LogP contribution is 2.41. The van der Waals surface area contributed by atoms with Gasteiger partial charge in [0.05, 0.1) is 14.5 Å². The van der Waals surface area contributed by atoms with Crippen LogP contribution in [0, 0.1) is 0 Å². The fraction of sp³-hybridized carbons (Fsp3) is 0. The molecule has 1 aromatic rings. The summed E-state index contributed by atoms with van der Waals surface area (Å²) in [6, 6.07) is 3.12. The van der Waals surface area contributed by atoms with E-state index in [1.165, 1.54) is 0 Å². The molecule has 2 nitrogen and oxygen atoms in total. The molecule has 6 heteroatoms. The third-order valence-electron chi connectivity index (χ3n) is 1.21. The van der Waals surface area contributed by atoms with E-state index in [4.69, 9.17) is 39.6 Å². The first-order valence-electron chi connectivity index (χ1n) is 2.84. The molecule has 0 amide bonds. The summed E-state index contributed by atoms with van der Waals surface area (Å²) in [5.74, 6) is 0.616. The summed E-state index contributed by atoms with van der Waals surface area (Å²) in [5.41, 5.74) is 0. The van der Waals surface area contributed by atoms with Crippen LogP contribution in [0.5, 0.6) is 11.5 Å². The molecule has 0 fully saturated rings. The van der Waals surface area contributed by atoms with Crippen molar-refractivity contribution in [2.45, 2.75) is 0 Å². The van der Waals surface area contributed by atoms with E-state index >= 15 is 0 Å². The maximum absolute atomic E-state index is 5.77. The lowest BCUT2D eigenvalue weighted by Crippen LogP contribution is -1.83. The number of hydrogen-bond acceptors (Lipinski definition) is 2. The molecule has 1 unspecified atom stereocenters. The molecule has 0 saturated carbocycles. The van der Waals surface area contributed by atoms with E-state index in [0.29, 0.717) is 16.5 Å². The van der Waals surface area contributed by atoms with Gasteiger partial charge in [0.15, 0.2) is 11.5 Å². The van der Waals surface area contributed by atoms with Crippen LogP contribution in [0.3, 0.4) is 0 Å². The standard InChI is InChI=1S/C6H4Cl3O2P/c7-3-1-2-4(10-9)6(11-12)5(3)8/h1-2H,12H2. The molecule has 12 heavy (non-hydrogen) atoms. The van der Waals surface area contributed by atoms with Crippen molar-refractivity contribution in [1.82, 2.24) is 0 Å². The van der Waals surface area contributed by atoms with Gasteiger partial charge in [-0.2, -0.15) is 0 Å². The molecule has 0 saturated heterocycles. The fourth-order valence-corrected chi connectivity index (χ4v) is 1.46. The molecule has 1 atom stereocenters. The maximum atomic E-state index is 5.77.